The maximum absolute atomic E-state index is 12.6. The summed E-state index contributed by atoms with van der Waals surface area (Å²) >= 11 is 0. The summed E-state index contributed by atoms with van der Waals surface area (Å²) < 4.78 is 21.4. The molecular weight excluding hydrogens is 330 g/mol. The van der Waals surface area contributed by atoms with Crippen LogP contribution in [-0.2, 0) is 28.5 Å². The van der Waals surface area contributed by atoms with Gasteiger partial charge >= 0.3 is 18.0 Å². The summed E-state index contributed by atoms with van der Waals surface area (Å²) in [5.41, 5.74) is -1.58. The Morgan fingerprint density at radius 1 is 1.16 bits per heavy atom. The number of hydrogen-bond donors (Lipinski definition) is 0. The predicted octanol–water partition coefficient (Wildman–Crippen LogP) is 2.20. The summed E-state index contributed by atoms with van der Waals surface area (Å²) in [5, 5.41) is 0. The number of nitrogens with zero attached hydrogens (tertiary/aromatic N) is 1. The molecule has 2 saturated heterocycles. The molecule has 142 valence electrons. The van der Waals surface area contributed by atoms with E-state index < -0.39 is 47.1 Å². The molecule has 2 fully saturated rings. The van der Waals surface area contributed by atoms with Gasteiger partial charge in [0.15, 0.2) is 5.92 Å². The van der Waals surface area contributed by atoms with Crippen LogP contribution in [0.4, 0.5) is 4.79 Å². The van der Waals surface area contributed by atoms with Gasteiger partial charge in [0.1, 0.15) is 11.3 Å². The first-order valence-electron chi connectivity index (χ1n) is 8.34. The van der Waals surface area contributed by atoms with Crippen molar-refractivity contribution in [3.05, 3.63) is 0 Å². The summed E-state index contributed by atoms with van der Waals surface area (Å²) in [6.45, 7) is 11.9. The molecule has 0 radical (unpaired) electrons. The van der Waals surface area contributed by atoms with Crippen molar-refractivity contribution in [3.63, 3.8) is 0 Å². The van der Waals surface area contributed by atoms with Crippen molar-refractivity contribution in [2.45, 2.75) is 78.0 Å². The van der Waals surface area contributed by atoms with Crippen LogP contribution in [0.2, 0.25) is 0 Å². The highest BCUT2D eigenvalue weighted by Gasteiger charge is 2.50. The molecule has 2 rings (SSSR count). The molecule has 1 amide bonds. The first-order valence-corrected chi connectivity index (χ1v) is 8.34. The van der Waals surface area contributed by atoms with Crippen LogP contribution in [0, 0.1) is 5.92 Å². The molecule has 1 atom stereocenters. The van der Waals surface area contributed by atoms with Gasteiger partial charge in [-0.3, -0.25) is 14.5 Å². The number of rotatable bonds is 2. The number of carbonyl (C=O) groups excluding carboxylic acids is 3. The van der Waals surface area contributed by atoms with Gasteiger partial charge in [-0.1, -0.05) is 0 Å². The summed E-state index contributed by atoms with van der Waals surface area (Å²) in [6.07, 6.45) is -0.506. The largest absolute Gasteiger partial charge is 0.444 e. The third-order valence-electron chi connectivity index (χ3n) is 3.93. The van der Waals surface area contributed by atoms with Crippen LogP contribution in [0.1, 0.15) is 54.9 Å². The molecule has 0 bridgehead atoms. The molecule has 2 heterocycles. The second-order valence-electron chi connectivity index (χ2n) is 8.29. The van der Waals surface area contributed by atoms with E-state index >= 15 is 0 Å². The minimum absolute atomic E-state index is 0.0520. The van der Waals surface area contributed by atoms with E-state index in [1.54, 1.807) is 34.6 Å². The van der Waals surface area contributed by atoms with E-state index in [0.717, 1.165) is 0 Å². The molecule has 0 aliphatic carbocycles. The lowest BCUT2D eigenvalue weighted by Gasteiger charge is -2.37. The number of esters is 2. The molecule has 0 saturated carbocycles. The minimum Gasteiger partial charge on any atom is -0.444 e. The fourth-order valence-corrected chi connectivity index (χ4v) is 2.95. The van der Waals surface area contributed by atoms with Crippen molar-refractivity contribution in [3.8, 4) is 0 Å². The smallest absolute Gasteiger partial charge is 0.412 e. The Labute approximate surface area is 147 Å². The van der Waals surface area contributed by atoms with Crippen LogP contribution in [0.5, 0.6) is 0 Å². The number of cyclic esters (lactones) is 2. The Balaban J connectivity index is 2.16. The maximum atomic E-state index is 12.6. The number of carbonyl (C=O) groups is 3. The van der Waals surface area contributed by atoms with E-state index in [4.69, 9.17) is 18.9 Å². The number of ether oxygens (including phenoxy) is 4. The maximum Gasteiger partial charge on any atom is 0.412 e. The van der Waals surface area contributed by atoms with Crippen LogP contribution >= 0.6 is 0 Å². The van der Waals surface area contributed by atoms with Crippen LogP contribution in [0.15, 0.2) is 0 Å². The van der Waals surface area contributed by atoms with Gasteiger partial charge in [0.25, 0.3) is 5.79 Å². The Morgan fingerprint density at radius 2 is 1.68 bits per heavy atom. The van der Waals surface area contributed by atoms with Gasteiger partial charge in [0, 0.05) is 13.8 Å². The fourth-order valence-electron chi connectivity index (χ4n) is 2.95. The highest BCUT2D eigenvalue weighted by atomic mass is 16.7. The van der Waals surface area contributed by atoms with E-state index in [9.17, 15) is 14.4 Å². The summed E-state index contributed by atoms with van der Waals surface area (Å²) in [5.74, 6) is -3.69. The van der Waals surface area contributed by atoms with E-state index in [0.29, 0.717) is 0 Å². The zero-order valence-corrected chi connectivity index (χ0v) is 15.9. The summed E-state index contributed by atoms with van der Waals surface area (Å²) in [7, 11) is 0. The van der Waals surface area contributed by atoms with Crippen LogP contribution < -0.4 is 0 Å². The second kappa shape index (κ2) is 6.16. The summed E-state index contributed by atoms with van der Waals surface area (Å²) in [4.78, 5) is 38.4. The molecule has 0 N–H and O–H groups in total. The summed E-state index contributed by atoms with van der Waals surface area (Å²) in [6, 6.07) is -0.504. The van der Waals surface area contributed by atoms with E-state index in [1.165, 1.54) is 18.7 Å². The van der Waals surface area contributed by atoms with Gasteiger partial charge in [0.05, 0.1) is 12.6 Å². The van der Waals surface area contributed by atoms with Crippen molar-refractivity contribution in [2.75, 3.05) is 6.61 Å². The van der Waals surface area contributed by atoms with E-state index in [-0.39, 0.29) is 13.0 Å². The van der Waals surface area contributed by atoms with Crippen LogP contribution in [-0.4, -0.2) is 52.7 Å². The van der Waals surface area contributed by atoms with Crippen molar-refractivity contribution in [2.24, 2.45) is 5.92 Å². The zero-order valence-electron chi connectivity index (χ0n) is 15.9. The lowest BCUT2D eigenvalue weighted by Crippen LogP contribution is -2.52. The number of hydrogen-bond acceptors (Lipinski definition) is 7. The first-order chi connectivity index (χ1) is 11.2. The molecule has 2 aliphatic rings. The minimum atomic E-state index is -1.28. The SMILES string of the molecule is CC(C)(C)OC(=O)N1[C@@H](CC2C(=O)OC(C)(C)OC2=O)COC1(C)C. The third kappa shape index (κ3) is 4.42. The topological polar surface area (TPSA) is 91.4 Å². The van der Waals surface area contributed by atoms with Crippen molar-refractivity contribution >= 4 is 18.0 Å². The lowest BCUT2D eigenvalue weighted by atomic mass is 9.98. The zero-order chi connectivity index (χ0) is 19.2. The van der Waals surface area contributed by atoms with Crippen molar-refractivity contribution in [1.29, 1.82) is 0 Å². The van der Waals surface area contributed by atoms with Crippen molar-refractivity contribution < 1.29 is 33.3 Å². The molecule has 0 unspecified atom stereocenters. The third-order valence-corrected chi connectivity index (χ3v) is 3.93. The number of amides is 1. The molecule has 25 heavy (non-hydrogen) atoms. The molecule has 0 aromatic rings. The van der Waals surface area contributed by atoms with Gasteiger partial charge < -0.3 is 18.9 Å². The molecule has 8 nitrogen and oxygen atoms in total. The lowest BCUT2D eigenvalue weighted by molar-refractivity contribution is -0.240. The quantitative estimate of drug-likeness (QED) is 0.552. The Hall–Kier alpha value is -1.83. The fraction of sp³-hybridized carbons (Fsp3) is 0.824. The van der Waals surface area contributed by atoms with Gasteiger partial charge in [-0.2, -0.15) is 0 Å². The Morgan fingerprint density at radius 3 is 2.16 bits per heavy atom. The molecule has 0 aromatic carbocycles. The highest BCUT2D eigenvalue weighted by molar-refractivity contribution is 5.96. The molecule has 0 aromatic heterocycles. The molecule has 8 heteroatoms. The molecular formula is C17H27NO7. The molecule has 0 spiro atoms. The monoisotopic (exact) mass is 357 g/mol. The molecule has 2 aliphatic heterocycles. The first kappa shape index (κ1) is 19.5. The second-order valence-corrected chi connectivity index (χ2v) is 8.29. The standard InChI is InChI=1S/C17H27NO7/c1-15(2,3)25-14(21)18-10(9-22-16(18,4)5)8-11-12(19)23-17(6,7)24-13(11)20/h10-11H,8-9H2,1-7H3/t10-/m0/s1. The van der Waals surface area contributed by atoms with Gasteiger partial charge in [-0.05, 0) is 41.0 Å². The average Bonchev–Trinajstić information content (AvgIpc) is 2.65. The van der Waals surface area contributed by atoms with Crippen molar-refractivity contribution in [1.82, 2.24) is 4.90 Å². The Bertz CT molecular complexity index is 556. The Kier molecular flexibility index (Phi) is 4.80. The van der Waals surface area contributed by atoms with E-state index in [2.05, 4.69) is 0 Å². The average molecular weight is 357 g/mol. The van der Waals surface area contributed by atoms with Crippen LogP contribution in [0.25, 0.3) is 0 Å². The van der Waals surface area contributed by atoms with Crippen LogP contribution in [0.3, 0.4) is 0 Å². The highest BCUT2D eigenvalue weighted by Crippen LogP contribution is 2.34. The van der Waals surface area contributed by atoms with Gasteiger partial charge in [0.2, 0.25) is 0 Å². The van der Waals surface area contributed by atoms with Gasteiger partial charge in [-0.15, -0.1) is 0 Å². The van der Waals surface area contributed by atoms with E-state index in [1.807, 2.05) is 0 Å². The normalized spacial score (nSPS) is 26.2. The predicted molar refractivity (Wildman–Crippen MR) is 86.3 cm³/mol. The van der Waals surface area contributed by atoms with Gasteiger partial charge in [-0.25, -0.2) is 4.79 Å².